The van der Waals surface area contributed by atoms with Gasteiger partial charge in [0.05, 0.1) is 0 Å². The molecule has 0 fully saturated rings. The monoisotopic (exact) mass is 330 g/mol. The lowest BCUT2D eigenvalue weighted by Gasteiger charge is -2.50. The largest absolute Gasteiger partial charge is 0.848 e. The van der Waals surface area contributed by atoms with E-state index in [9.17, 15) is 19.4 Å². The maximum absolute atomic E-state index is 12.8. The second kappa shape index (κ2) is 8.54. The number of hydrogen-bond donors (Lipinski definition) is 2. The van der Waals surface area contributed by atoms with Crippen LogP contribution >= 0.6 is 0 Å². The van der Waals surface area contributed by atoms with E-state index < -0.39 is 11.7 Å². The van der Waals surface area contributed by atoms with Gasteiger partial charge in [-0.1, -0.05) is 48.0 Å². The van der Waals surface area contributed by atoms with Gasteiger partial charge in [0, 0.05) is 19.5 Å². The van der Waals surface area contributed by atoms with Gasteiger partial charge < -0.3 is 20.8 Å². The third-order valence-corrected chi connectivity index (χ3v) is 3.51. The third kappa shape index (κ3) is 5.73. The fourth-order valence-corrected chi connectivity index (χ4v) is 2.19. The lowest BCUT2D eigenvalue weighted by Crippen LogP contribution is -2.63. The summed E-state index contributed by atoms with van der Waals surface area (Å²) in [4.78, 5) is 11.7. The molecule has 2 aromatic carbocycles. The Balaban J connectivity index is 1.69. The summed E-state index contributed by atoms with van der Waals surface area (Å²) in [7, 11) is 0. The summed E-state index contributed by atoms with van der Waals surface area (Å²) in [6, 6.07) is 14.1. The molecule has 0 heterocycles. The van der Waals surface area contributed by atoms with Gasteiger partial charge >= 0.3 is 0 Å². The van der Waals surface area contributed by atoms with Crippen LogP contribution in [0.25, 0.3) is 0 Å². The first-order valence-corrected chi connectivity index (χ1v) is 7.70. The van der Waals surface area contributed by atoms with E-state index in [-0.39, 0.29) is 24.4 Å². The van der Waals surface area contributed by atoms with Crippen molar-refractivity contribution in [3.63, 3.8) is 0 Å². The number of carbonyl (C=O) groups is 1. The Morgan fingerprint density at radius 2 is 1.67 bits per heavy atom. The summed E-state index contributed by atoms with van der Waals surface area (Å²) in [5, 5.41) is 28.7. The van der Waals surface area contributed by atoms with E-state index in [1.54, 1.807) is 0 Å². The molecule has 128 valence electrons. The van der Waals surface area contributed by atoms with Crippen molar-refractivity contribution >= 4 is 5.91 Å². The molecule has 0 unspecified atom stereocenters. The molecule has 0 spiro atoms. The van der Waals surface area contributed by atoms with E-state index in [2.05, 4.69) is 10.6 Å². The number of halogens is 1. The third-order valence-electron chi connectivity index (χ3n) is 3.51. The van der Waals surface area contributed by atoms with Crippen LogP contribution in [0.3, 0.4) is 0 Å². The summed E-state index contributed by atoms with van der Waals surface area (Å²) < 4.78 is 12.8. The van der Waals surface area contributed by atoms with E-state index in [0.29, 0.717) is 13.0 Å². The van der Waals surface area contributed by atoms with Gasteiger partial charge in [-0.15, -0.1) is 5.91 Å². The van der Waals surface area contributed by atoms with Gasteiger partial charge in [-0.3, -0.25) is 4.79 Å². The molecule has 0 bridgehead atoms. The Morgan fingerprint density at radius 1 is 1.00 bits per heavy atom. The smallest absolute Gasteiger partial charge is 0.221 e. The molecule has 0 aliphatic carbocycles. The van der Waals surface area contributed by atoms with Gasteiger partial charge in [0.1, 0.15) is 5.82 Å². The number of amides is 1. The van der Waals surface area contributed by atoms with E-state index in [1.807, 2.05) is 30.3 Å². The molecule has 2 aromatic rings. The molecule has 24 heavy (non-hydrogen) atoms. The molecule has 5 nitrogen and oxygen atoms in total. The van der Waals surface area contributed by atoms with E-state index >= 15 is 0 Å². The zero-order valence-electron chi connectivity index (χ0n) is 13.1. The Morgan fingerprint density at radius 3 is 2.33 bits per heavy atom. The zero-order chi connectivity index (χ0) is 17.4. The molecule has 2 N–H and O–H groups in total. The average Bonchev–Trinajstić information content (AvgIpc) is 2.56. The van der Waals surface area contributed by atoms with Crippen LogP contribution in [0.2, 0.25) is 0 Å². The lowest BCUT2D eigenvalue weighted by molar-refractivity contribution is -0.744. The zero-order valence-corrected chi connectivity index (χ0v) is 13.1. The molecule has 0 saturated carbocycles. The highest BCUT2D eigenvalue weighted by molar-refractivity contribution is 5.76. The van der Waals surface area contributed by atoms with Crippen LogP contribution < -0.4 is 20.8 Å². The molecule has 0 saturated heterocycles. The van der Waals surface area contributed by atoms with Gasteiger partial charge in [0.15, 0.2) is 0 Å². The lowest BCUT2D eigenvalue weighted by atomic mass is 10.1. The number of rotatable bonds is 8. The van der Waals surface area contributed by atoms with Crippen LogP contribution in [0.15, 0.2) is 54.6 Å². The van der Waals surface area contributed by atoms with Crippen molar-refractivity contribution < 1.29 is 19.4 Å². The maximum atomic E-state index is 12.8. The van der Waals surface area contributed by atoms with Crippen molar-refractivity contribution in [3.05, 3.63) is 71.5 Å². The van der Waals surface area contributed by atoms with Crippen molar-refractivity contribution in [2.75, 3.05) is 13.1 Å². The number of carbonyl (C=O) groups excluding carboxylic acids is 1. The van der Waals surface area contributed by atoms with Gasteiger partial charge in [-0.25, -0.2) is 4.39 Å². The predicted octanol–water partition coefficient (Wildman–Crippen LogP) is -0.00480. The van der Waals surface area contributed by atoms with E-state index in [4.69, 9.17) is 0 Å². The van der Waals surface area contributed by atoms with E-state index in [0.717, 1.165) is 29.8 Å². The first-order chi connectivity index (χ1) is 11.5. The van der Waals surface area contributed by atoms with Crippen LogP contribution in [0.5, 0.6) is 0 Å². The van der Waals surface area contributed by atoms with Crippen molar-refractivity contribution in [1.82, 2.24) is 10.6 Å². The van der Waals surface area contributed by atoms with Crippen LogP contribution in [0, 0.1) is 5.82 Å². The Bertz CT molecular complexity index is 645. The van der Waals surface area contributed by atoms with Crippen molar-refractivity contribution in [2.45, 2.75) is 18.8 Å². The molecule has 0 aliphatic rings. The first-order valence-electron chi connectivity index (χ1n) is 7.70. The van der Waals surface area contributed by atoms with Crippen molar-refractivity contribution in [3.8, 4) is 0 Å². The highest BCUT2D eigenvalue weighted by Crippen LogP contribution is 2.09. The molecule has 0 aromatic heterocycles. The highest BCUT2D eigenvalue weighted by atomic mass is 19.1. The molecule has 0 radical (unpaired) electrons. The summed E-state index contributed by atoms with van der Waals surface area (Å²) in [6.07, 6.45) is 0.727. The number of nitrogens with one attached hydrogen (secondary N) is 2. The van der Waals surface area contributed by atoms with Crippen LogP contribution in [0.4, 0.5) is 4.39 Å². The normalized spacial score (nSPS) is 11.3. The fraction of sp³-hybridized carbons (Fsp3) is 0.278. The molecule has 2 rings (SSSR count). The first kappa shape index (κ1) is 18.1. The van der Waals surface area contributed by atoms with Gasteiger partial charge in [-0.05, 0) is 24.1 Å². The van der Waals surface area contributed by atoms with Gasteiger partial charge in [-0.2, -0.15) is 0 Å². The predicted molar refractivity (Wildman–Crippen MR) is 83.9 cm³/mol. The fourth-order valence-electron chi connectivity index (χ4n) is 2.19. The Hall–Kier alpha value is -2.28. The standard InChI is InChI=1S/C18H19FN2O3/c19-16-8-6-15(7-9-16)18(23,24)21-13-11-17(22)20-12-10-14-4-2-1-3-5-14/h1-9,21H,10-13H2,(H,20,22)/q-2. The SMILES string of the molecule is O=C(CCNC([O-])([O-])c1ccc(F)cc1)NCCc1ccccc1. The van der Waals surface area contributed by atoms with E-state index in [1.165, 1.54) is 0 Å². The molecular weight excluding hydrogens is 311 g/mol. The molecule has 0 atom stereocenters. The van der Waals surface area contributed by atoms with Crippen LogP contribution in [0.1, 0.15) is 17.5 Å². The number of hydrogen-bond acceptors (Lipinski definition) is 4. The molecular formula is C18H19FN2O3-2. The Labute approximate surface area is 140 Å². The highest BCUT2D eigenvalue weighted by Gasteiger charge is 2.07. The second-order valence-corrected chi connectivity index (χ2v) is 5.39. The minimum atomic E-state index is -2.81. The van der Waals surface area contributed by atoms with Gasteiger partial charge in [0.25, 0.3) is 0 Å². The molecule has 0 aliphatic heterocycles. The average molecular weight is 330 g/mol. The summed E-state index contributed by atoms with van der Waals surface area (Å²) >= 11 is 0. The number of benzene rings is 2. The van der Waals surface area contributed by atoms with Crippen molar-refractivity contribution in [2.24, 2.45) is 0 Å². The minimum Gasteiger partial charge on any atom is -0.848 e. The maximum Gasteiger partial charge on any atom is 0.221 e. The second-order valence-electron chi connectivity index (χ2n) is 5.39. The summed E-state index contributed by atoms with van der Waals surface area (Å²) in [6.45, 7) is 0.433. The topological polar surface area (TPSA) is 87.2 Å². The molecule has 6 heteroatoms. The van der Waals surface area contributed by atoms with Gasteiger partial charge in [0.2, 0.25) is 5.91 Å². The van der Waals surface area contributed by atoms with Crippen LogP contribution in [-0.4, -0.2) is 19.0 Å². The summed E-state index contributed by atoms with van der Waals surface area (Å²) in [5.74, 6) is -3.57. The summed E-state index contributed by atoms with van der Waals surface area (Å²) in [5.41, 5.74) is 0.999. The Kier molecular flexibility index (Phi) is 6.43. The van der Waals surface area contributed by atoms with Crippen LogP contribution in [-0.2, 0) is 17.1 Å². The molecule has 1 amide bonds. The minimum absolute atomic E-state index is 0.0161. The van der Waals surface area contributed by atoms with Crippen molar-refractivity contribution in [1.29, 1.82) is 0 Å². The quantitative estimate of drug-likeness (QED) is 0.667.